The number of carbonyl (C=O) groups is 1. The van der Waals surface area contributed by atoms with Gasteiger partial charge >= 0.3 is 0 Å². The number of nitro benzene ring substituents is 1. The molecule has 0 bridgehead atoms. The number of thiophene rings is 1. The summed E-state index contributed by atoms with van der Waals surface area (Å²) in [5.74, 6) is -0.432. The van der Waals surface area contributed by atoms with Gasteiger partial charge in [-0.15, -0.1) is 0 Å². The molecule has 0 aliphatic rings. The molecular formula is C16H16N2O4S. The monoisotopic (exact) mass is 332 g/mol. The summed E-state index contributed by atoms with van der Waals surface area (Å²) in [7, 11) is 0. The van der Waals surface area contributed by atoms with Gasteiger partial charge in [0.25, 0.3) is 5.69 Å². The van der Waals surface area contributed by atoms with E-state index in [4.69, 9.17) is 0 Å². The largest absolute Gasteiger partial charge is 0.384 e. The highest BCUT2D eigenvalue weighted by Crippen LogP contribution is 2.22. The van der Waals surface area contributed by atoms with E-state index < -0.39 is 16.4 Å². The van der Waals surface area contributed by atoms with Gasteiger partial charge in [0.1, 0.15) is 5.60 Å². The van der Waals surface area contributed by atoms with Crippen LogP contribution in [0.3, 0.4) is 0 Å². The van der Waals surface area contributed by atoms with Gasteiger partial charge in [0, 0.05) is 12.1 Å². The third-order valence-electron chi connectivity index (χ3n) is 3.30. The molecule has 1 aromatic heterocycles. The first-order valence-electron chi connectivity index (χ1n) is 6.84. The van der Waals surface area contributed by atoms with Gasteiger partial charge in [-0.05, 0) is 41.5 Å². The van der Waals surface area contributed by atoms with Crippen LogP contribution in [0, 0.1) is 10.1 Å². The summed E-state index contributed by atoms with van der Waals surface area (Å²) in [5.41, 5.74) is -0.160. The molecule has 0 aliphatic heterocycles. The zero-order valence-corrected chi connectivity index (χ0v) is 13.2. The fourth-order valence-corrected chi connectivity index (χ4v) is 2.73. The predicted molar refractivity (Wildman–Crippen MR) is 89.0 cm³/mol. The number of aliphatic hydroxyl groups is 1. The second-order valence-electron chi connectivity index (χ2n) is 5.15. The highest BCUT2D eigenvalue weighted by atomic mass is 32.1. The average molecular weight is 332 g/mol. The van der Waals surface area contributed by atoms with Crippen molar-refractivity contribution in [3.05, 3.63) is 68.4 Å². The predicted octanol–water partition coefficient (Wildman–Crippen LogP) is 2.69. The Labute approximate surface area is 137 Å². The van der Waals surface area contributed by atoms with Gasteiger partial charge in [-0.25, -0.2) is 0 Å². The number of para-hydroxylation sites is 1. The molecule has 0 spiro atoms. The van der Waals surface area contributed by atoms with Gasteiger partial charge in [0.2, 0.25) is 5.91 Å². The molecule has 2 rings (SSSR count). The molecule has 0 saturated carbocycles. The van der Waals surface area contributed by atoms with Gasteiger partial charge in [-0.3, -0.25) is 14.9 Å². The molecule has 6 nitrogen and oxygen atoms in total. The SMILES string of the molecule is C[C@@](O)(CNC(=O)/C=C/c1ccccc1[N+](=O)[O-])c1ccsc1. The molecule has 1 heterocycles. The number of nitro groups is 1. The average Bonchev–Trinajstić information content (AvgIpc) is 3.06. The first-order chi connectivity index (χ1) is 10.9. The maximum Gasteiger partial charge on any atom is 0.276 e. The summed E-state index contributed by atoms with van der Waals surface area (Å²) in [5, 5.41) is 27.4. The second-order valence-corrected chi connectivity index (χ2v) is 5.93. The lowest BCUT2D eigenvalue weighted by Gasteiger charge is -2.22. The zero-order valence-electron chi connectivity index (χ0n) is 12.4. The van der Waals surface area contributed by atoms with Crippen LogP contribution in [0.4, 0.5) is 5.69 Å². The number of hydrogen-bond donors (Lipinski definition) is 2. The van der Waals surface area contributed by atoms with Crippen molar-refractivity contribution in [2.45, 2.75) is 12.5 Å². The Morgan fingerprint density at radius 2 is 2.17 bits per heavy atom. The van der Waals surface area contributed by atoms with Crippen LogP contribution in [-0.2, 0) is 10.4 Å². The second kappa shape index (κ2) is 7.17. The number of nitrogens with zero attached hydrogens (tertiary/aromatic N) is 1. The van der Waals surface area contributed by atoms with Crippen LogP contribution >= 0.6 is 11.3 Å². The summed E-state index contributed by atoms with van der Waals surface area (Å²) in [6, 6.07) is 7.95. The molecule has 120 valence electrons. The maximum absolute atomic E-state index is 11.8. The van der Waals surface area contributed by atoms with Crippen LogP contribution in [-0.4, -0.2) is 22.5 Å². The summed E-state index contributed by atoms with van der Waals surface area (Å²) in [6.07, 6.45) is 2.60. The molecule has 7 heteroatoms. The first kappa shape index (κ1) is 16.9. The zero-order chi connectivity index (χ0) is 16.9. The van der Waals surface area contributed by atoms with Crippen molar-refractivity contribution >= 4 is 29.0 Å². The number of amides is 1. The molecule has 2 aromatic rings. The van der Waals surface area contributed by atoms with E-state index in [2.05, 4.69) is 5.32 Å². The lowest BCUT2D eigenvalue weighted by molar-refractivity contribution is -0.385. The summed E-state index contributed by atoms with van der Waals surface area (Å²) in [6.45, 7) is 1.66. The Balaban J connectivity index is 1.99. The minimum Gasteiger partial charge on any atom is -0.384 e. The Morgan fingerprint density at radius 1 is 1.43 bits per heavy atom. The summed E-state index contributed by atoms with van der Waals surface area (Å²) >= 11 is 1.46. The van der Waals surface area contributed by atoms with E-state index in [1.165, 1.54) is 29.6 Å². The molecule has 0 aliphatic carbocycles. The van der Waals surface area contributed by atoms with Crippen LogP contribution in [0.25, 0.3) is 6.08 Å². The van der Waals surface area contributed by atoms with E-state index in [1.807, 2.05) is 10.8 Å². The van der Waals surface area contributed by atoms with E-state index in [9.17, 15) is 20.0 Å². The van der Waals surface area contributed by atoms with Crippen LogP contribution < -0.4 is 5.32 Å². The number of benzene rings is 1. The third kappa shape index (κ3) is 4.48. The van der Waals surface area contributed by atoms with Gasteiger partial charge in [0.05, 0.1) is 17.0 Å². The molecule has 2 N–H and O–H groups in total. The fraction of sp³-hybridized carbons (Fsp3) is 0.188. The third-order valence-corrected chi connectivity index (χ3v) is 3.98. The van der Waals surface area contributed by atoms with E-state index in [0.717, 1.165) is 5.56 Å². The number of carbonyl (C=O) groups excluding carboxylic acids is 1. The van der Waals surface area contributed by atoms with Crippen LogP contribution in [0.15, 0.2) is 47.2 Å². The van der Waals surface area contributed by atoms with Crippen molar-refractivity contribution < 1.29 is 14.8 Å². The van der Waals surface area contributed by atoms with E-state index in [1.54, 1.807) is 31.2 Å². The topological polar surface area (TPSA) is 92.5 Å². The van der Waals surface area contributed by atoms with E-state index in [-0.39, 0.29) is 12.2 Å². The molecule has 23 heavy (non-hydrogen) atoms. The molecule has 1 atom stereocenters. The number of rotatable bonds is 6. The summed E-state index contributed by atoms with van der Waals surface area (Å²) in [4.78, 5) is 22.2. The van der Waals surface area contributed by atoms with Crippen molar-refractivity contribution in [2.24, 2.45) is 0 Å². The van der Waals surface area contributed by atoms with Crippen molar-refractivity contribution in [3.63, 3.8) is 0 Å². The maximum atomic E-state index is 11.8. The molecule has 1 amide bonds. The highest BCUT2D eigenvalue weighted by molar-refractivity contribution is 7.08. The molecule has 0 fully saturated rings. The molecule has 1 aromatic carbocycles. The van der Waals surface area contributed by atoms with Crippen molar-refractivity contribution in [1.82, 2.24) is 5.32 Å². The molecular weight excluding hydrogens is 316 g/mol. The quantitative estimate of drug-likeness (QED) is 0.483. The van der Waals surface area contributed by atoms with Crippen LogP contribution in [0.5, 0.6) is 0 Å². The van der Waals surface area contributed by atoms with Gasteiger partial charge in [-0.1, -0.05) is 12.1 Å². The fourth-order valence-electron chi connectivity index (χ4n) is 1.95. The minimum atomic E-state index is -1.16. The van der Waals surface area contributed by atoms with Crippen LogP contribution in [0.1, 0.15) is 18.1 Å². The Morgan fingerprint density at radius 3 is 2.83 bits per heavy atom. The van der Waals surface area contributed by atoms with Gasteiger partial charge in [-0.2, -0.15) is 11.3 Å². The molecule has 0 radical (unpaired) electrons. The molecule has 0 saturated heterocycles. The Hall–Kier alpha value is -2.51. The van der Waals surface area contributed by atoms with E-state index >= 15 is 0 Å². The molecule has 0 unspecified atom stereocenters. The minimum absolute atomic E-state index is 0.0454. The van der Waals surface area contributed by atoms with E-state index in [0.29, 0.717) is 5.56 Å². The normalized spacial score (nSPS) is 13.7. The lowest BCUT2D eigenvalue weighted by atomic mass is 9.99. The van der Waals surface area contributed by atoms with Crippen molar-refractivity contribution in [2.75, 3.05) is 6.54 Å². The van der Waals surface area contributed by atoms with Crippen molar-refractivity contribution in [1.29, 1.82) is 0 Å². The van der Waals surface area contributed by atoms with Crippen LogP contribution in [0.2, 0.25) is 0 Å². The number of nitrogens with one attached hydrogen (secondary N) is 1. The smallest absolute Gasteiger partial charge is 0.276 e. The lowest BCUT2D eigenvalue weighted by Crippen LogP contribution is -2.37. The highest BCUT2D eigenvalue weighted by Gasteiger charge is 2.23. The summed E-state index contributed by atoms with van der Waals surface area (Å²) < 4.78 is 0. The Kier molecular flexibility index (Phi) is 5.25. The Bertz CT molecular complexity index is 723. The number of hydrogen-bond acceptors (Lipinski definition) is 5. The van der Waals surface area contributed by atoms with Crippen molar-refractivity contribution in [3.8, 4) is 0 Å². The van der Waals surface area contributed by atoms with Gasteiger partial charge in [0.15, 0.2) is 0 Å². The first-order valence-corrected chi connectivity index (χ1v) is 7.79. The standard InChI is InChI=1S/C16H16N2O4S/c1-16(20,13-8-9-23-10-13)11-17-15(19)7-6-12-4-2-3-5-14(12)18(21)22/h2-10,20H,11H2,1H3,(H,17,19)/b7-6+/t16-/m1/s1. The van der Waals surface area contributed by atoms with Gasteiger partial charge < -0.3 is 10.4 Å².